The van der Waals surface area contributed by atoms with Crippen molar-refractivity contribution < 1.29 is 14.3 Å². The average molecular weight is 380 g/mol. The number of aryl methyl sites for hydroxylation is 1. The predicted octanol–water partition coefficient (Wildman–Crippen LogP) is 3.31. The number of amides is 1. The third-order valence-electron chi connectivity index (χ3n) is 4.32. The maximum atomic E-state index is 12.6. The number of esters is 1. The summed E-state index contributed by atoms with van der Waals surface area (Å²) >= 11 is 0. The van der Waals surface area contributed by atoms with Crippen LogP contribution in [0.2, 0.25) is 0 Å². The number of aromatic amines is 1. The van der Waals surface area contributed by atoms with Gasteiger partial charge in [0.1, 0.15) is 5.69 Å². The van der Waals surface area contributed by atoms with Crippen molar-refractivity contribution in [1.82, 2.24) is 20.1 Å². The van der Waals surface area contributed by atoms with Crippen molar-refractivity contribution in [3.05, 3.63) is 70.8 Å². The van der Waals surface area contributed by atoms with E-state index in [1.807, 2.05) is 36.5 Å². The Kier molecular flexibility index (Phi) is 5.63. The molecule has 0 radical (unpaired) electrons. The lowest BCUT2D eigenvalue weighted by Gasteiger charge is -2.08. The average Bonchev–Trinajstić information content (AvgIpc) is 3.24. The first kappa shape index (κ1) is 19.4. The molecule has 0 aliphatic rings. The minimum atomic E-state index is -0.426. The van der Waals surface area contributed by atoms with Crippen LogP contribution in [0.25, 0.3) is 5.69 Å². The topological polar surface area (TPSA) is 89.0 Å². The van der Waals surface area contributed by atoms with Crippen LogP contribution >= 0.6 is 0 Å². The Morgan fingerprint density at radius 1 is 1.21 bits per heavy atom. The van der Waals surface area contributed by atoms with Gasteiger partial charge in [0.05, 0.1) is 23.6 Å². The van der Waals surface area contributed by atoms with Crippen LogP contribution in [-0.2, 0) is 11.3 Å². The molecule has 3 aromatic rings. The lowest BCUT2D eigenvalue weighted by molar-refractivity contribution is 0.0376. The van der Waals surface area contributed by atoms with Crippen LogP contribution < -0.4 is 5.32 Å². The zero-order chi connectivity index (χ0) is 20.3. The molecule has 0 saturated heterocycles. The van der Waals surface area contributed by atoms with Gasteiger partial charge in [-0.05, 0) is 45.4 Å². The molecule has 7 nitrogen and oxygen atoms in total. The summed E-state index contributed by atoms with van der Waals surface area (Å²) < 4.78 is 7.02. The molecule has 3 rings (SSSR count). The van der Waals surface area contributed by atoms with E-state index < -0.39 is 5.97 Å². The fourth-order valence-electron chi connectivity index (χ4n) is 3.00. The molecule has 0 spiro atoms. The highest BCUT2D eigenvalue weighted by Crippen LogP contribution is 2.20. The van der Waals surface area contributed by atoms with Gasteiger partial charge in [-0.25, -0.2) is 9.48 Å². The van der Waals surface area contributed by atoms with Gasteiger partial charge in [-0.15, -0.1) is 0 Å². The van der Waals surface area contributed by atoms with Crippen LogP contribution in [0.5, 0.6) is 0 Å². The van der Waals surface area contributed by atoms with Crippen LogP contribution in [-0.4, -0.2) is 32.7 Å². The van der Waals surface area contributed by atoms with Crippen molar-refractivity contribution in [1.29, 1.82) is 0 Å². The Balaban J connectivity index is 1.69. The molecule has 0 unspecified atom stereocenters. The van der Waals surface area contributed by atoms with Crippen LogP contribution in [0.15, 0.2) is 42.7 Å². The van der Waals surface area contributed by atoms with Gasteiger partial charge >= 0.3 is 5.97 Å². The highest BCUT2D eigenvalue weighted by molar-refractivity contribution is 6.00. The Hall–Kier alpha value is -3.35. The molecule has 0 bridgehead atoms. The third kappa shape index (κ3) is 4.14. The van der Waals surface area contributed by atoms with Crippen molar-refractivity contribution >= 4 is 11.9 Å². The van der Waals surface area contributed by atoms with Gasteiger partial charge in [0.15, 0.2) is 0 Å². The number of rotatable bonds is 6. The van der Waals surface area contributed by atoms with E-state index in [1.165, 1.54) is 0 Å². The van der Waals surface area contributed by atoms with E-state index in [4.69, 9.17) is 4.74 Å². The van der Waals surface area contributed by atoms with E-state index >= 15 is 0 Å². The lowest BCUT2D eigenvalue weighted by atomic mass is 10.1. The summed E-state index contributed by atoms with van der Waals surface area (Å²) in [6.07, 6.45) is 3.36. The maximum Gasteiger partial charge on any atom is 0.340 e. The Morgan fingerprint density at radius 2 is 1.93 bits per heavy atom. The molecule has 2 aromatic heterocycles. The number of hydrogen-bond donors (Lipinski definition) is 2. The van der Waals surface area contributed by atoms with E-state index in [1.54, 1.807) is 38.6 Å². The summed E-state index contributed by atoms with van der Waals surface area (Å²) in [5, 5.41) is 7.19. The number of carbonyl (C=O) groups excluding carboxylic acids is 2. The first-order valence-corrected chi connectivity index (χ1v) is 9.14. The molecule has 2 N–H and O–H groups in total. The molecule has 0 aliphatic heterocycles. The summed E-state index contributed by atoms with van der Waals surface area (Å²) in [6, 6.07) is 9.74. The monoisotopic (exact) mass is 380 g/mol. The molecule has 0 aliphatic carbocycles. The highest BCUT2D eigenvalue weighted by atomic mass is 16.5. The maximum absolute atomic E-state index is 12.6. The quantitative estimate of drug-likeness (QED) is 0.642. The van der Waals surface area contributed by atoms with E-state index in [0.717, 1.165) is 11.3 Å². The summed E-state index contributed by atoms with van der Waals surface area (Å²) in [7, 11) is 0. The fraction of sp³-hybridized carbons (Fsp3) is 0.286. The number of hydrogen-bond acceptors (Lipinski definition) is 4. The van der Waals surface area contributed by atoms with Crippen LogP contribution in [0.1, 0.15) is 51.5 Å². The number of aromatic nitrogens is 3. The predicted molar refractivity (Wildman–Crippen MR) is 106 cm³/mol. The standard InChI is InChI=1S/C21H24N4O3/c1-13(2)28-21(27)18-14(3)19(24-15(18)4)20(26)22-10-16-11-23-25(12-16)17-8-6-5-7-9-17/h5-9,11-13,24H,10H2,1-4H3,(H,22,26). The highest BCUT2D eigenvalue weighted by Gasteiger charge is 2.23. The minimum Gasteiger partial charge on any atom is -0.459 e. The number of H-pyrrole nitrogens is 1. The van der Waals surface area contributed by atoms with Crippen molar-refractivity contribution in [3.63, 3.8) is 0 Å². The number of ether oxygens (including phenoxy) is 1. The number of para-hydroxylation sites is 1. The molecule has 1 aromatic carbocycles. The van der Waals surface area contributed by atoms with Crippen LogP contribution in [0.3, 0.4) is 0 Å². The molecule has 0 atom stereocenters. The van der Waals surface area contributed by atoms with Crippen molar-refractivity contribution in [2.75, 3.05) is 0 Å². The lowest BCUT2D eigenvalue weighted by Crippen LogP contribution is -2.24. The second kappa shape index (κ2) is 8.12. The summed E-state index contributed by atoms with van der Waals surface area (Å²) in [6.45, 7) is 7.40. The molecule has 0 fully saturated rings. The van der Waals surface area contributed by atoms with Crippen molar-refractivity contribution in [3.8, 4) is 5.69 Å². The second-order valence-corrected chi connectivity index (χ2v) is 6.89. The van der Waals surface area contributed by atoms with Gasteiger partial charge in [0.25, 0.3) is 5.91 Å². The van der Waals surface area contributed by atoms with Gasteiger partial charge < -0.3 is 15.0 Å². The SMILES string of the molecule is Cc1[nH]c(C(=O)NCc2cnn(-c3ccccc3)c2)c(C)c1C(=O)OC(C)C. The second-order valence-electron chi connectivity index (χ2n) is 6.89. The zero-order valence-corrected chi connectivity index (χ0v) is 16.4. The summed E-state index contributed by atoms with van der Waals surface area (Å²) in [5.74, 6) is -0.707. The molecular formula is C21H24N4O3. The van der Waals surface area contributed by atoms with E-state index in [-0.39, 0.29) is 12.0 Å². The fourth-order valence-corrected chi connectivity index (χ4v) is 3.00. The number of carbonyl (C=O) groups is 2. The number of benzene rings is 1. The number of nitrogens with zero attached hydrogens (tertiary/aromatic N) is 2. The summed E-state index contributed by atoms with van der Waals surface area (Å²) in [5.41, 5.74) is 3.80. The van der Waals surface area contributed by atoms with Gasteiger partial charge in [0, 0.05) is 24.0 Å². The van der Waals surface area contributed by atoms with Gasteiger partial charge in [-0.2, -0.15) is 5.10 Å². The van der Waals surface area contributed by atoms with E-state index in [0.29, 0.717) is 29.1 Å². The van der Waals surface area contributed by atoms with Gasteiger partial charge in [-0.1, -0.05) is 18.2 Å². The summed E-state index contributed by atoms with van der Waals surface area (Å²) in [4.78, 5) is 27.9. The molecule has 0 saturated carbocycles. The Bertz CT molecular complexity index is 987. The molecule has 1 amide bonds. The van der Waals surface area contributed by atoms with Crippen molar-refractivity contribution in [2.24, 2.45) is 0 Å². The molecule has 2 heterocycles. The van der Waals surface area contributed by atoms with Crippen molar-refractivity contribution in [2.45, 2.75) is 40.3 Å². The molecule has 146 valence electrons. The number of nitrogens with one attached hydrogen (secondary N) is 2. The molecular weight excluding hydrogens is 356 g/mol. The smallest absolute Gasteiger partial charge is 0.340 e. The van der Waals surface area contributed by atoms with E-state index in [9.17, 15) is 9.59 Å². The molecule has 28 heavy (non-hydrogen) atoms. The normalized spacial score (nSPS) is 10.9. The third-order valence-corrected chi connectivity index (χ3v) is 4.32. The van der Waals surface area contributed by atoms with Gasteiger partial charge in [-0.3, -0.25) is 4.79 Å². The van der Waals surface area contributed by atoms with Gasteiger partial charge in [0.2, 0.25) is 0 Å². The first-order valence-electron chi connectivity index (χ1n) is 9.14. The van der Waals surface area contributed by atoms with Crippen LogP contribution in [0.4, 0.5) is 0 Å². The largest absolute Gasteiger partial charge is 0.459 e. The molecule has 7 heteroatoms. The zero-order valence-electron chi connectivity index (χ0n) is 16.4. The minimum absolute atomic E-state index is 0.223. The van der Waals surface area contributed by atoms with E-state index in [2.05, 4.69) is 15.4 Å². The van der Waals surface area contributed by atoms with Crippen LogP contribution in [0, 0.1) is 13.8 Å². The Labute approximate surface area is 163 Å². The Morgan fingerprint density at radius 3 is 2.61 bits per heavy atom. The first-order chi connectivity index (χ1) is 13.4.